The third-order valence-electron chi connectivity index (χ3n) is 3.25. The number of aryl methyl sites for hydroxylation is 1. The summed E-state index contributed by atoms with van der Waals surface area (Å²) in [4.78, 5) is 11.9. The van der Waals surface area contributed by atoms with Crippen molar-refractivity contribution in [2.75, 3.05) is 13.1 Å². The average Bonchev–Trinajstić information content (AvgIpc) is 2.94. The molecule has 0 bridgehead atoms. The number of hydrogen-bond donors (Lipinski definition) is 3. The zero-order valence-electron chi connectivity index (χ0n) is 10.6. The Labute approximate surface area is 109 Å². The van der Waals surface area contributed by atoms with Crippen LogP contribution in [0.4, 0.5) is 0 Å². The highest BCUT2D eigenvalue weighted by Gasteiger charge is 2.21. The van der Waals surface area contributed by atoms with Gasteiger partial charge in [-0.05, 0) is 6.92 Å². The lowest BCUT2D eigenvalue weighted by atomic mass is 10.2. The zero-order chi connectivity index (χ0) is 13.2. The smallest absolute Gasteiger partial charge is 0.273 e. The topological polar surface area (TPSA) is 101 Å². The molecule has 0 radical (unpaired) electrons. The minimum absolute atomic E-state index is 0.223. The summed E-state index contributed by atoms with van der Waals surface area (Å²) in [5, 5.41) is 20.5. The highest BCUT2D eigenvalue weighted by atomic mass is 16.2. The Kier molecular flexibility index (Phi) is 3.00. The maximum absolute atomic E-state index is 11.9. The van der Waals surface area contributed by atoms with E-state index in [1.807, 2.05) is 6.92 Å². The molecule has 8 nitrogen and oxygen atoms in total. The van der Waals surface area contributed by atoms with E-state index in [9.17, 15) is 4.79 Å². The predicted octanol–water partition coefficient (Wildman–Crippen LogP) is -0.616. The second-order valence-corrected chi connectivity index (χ2v) is 4.60. The molecular weight excluding hydrogens is 246 g/mol. The number of hydrogen-bond acceptors (Lipinski definition) is 5. The van der Waals surface area contributed by atoms with Crippen LogP contribution in [0.15, 0.2) is 12.4 Å². The number of H-pyrrole nitrogens is 1. The summed E-state index contributed by atoms with van der Waals surface area (Å²) in [5.74, 6) is -0.223. The molecule has 1 fully saturated rings. The lowest BCUT2D eigenvalue weighted by molar-refractivity contribution is 0.0945. The Bertz CT molecular complexity index is 583. The van der Waals surface area contributed by atoms with Gasteiger partial charge in [0.1, 0.15) is 0 Å². The Morgan fingerprint density at radius 3 is 3.05 bits per heavy atom. The van der Waals surface area contributed by atoms with E-state index in [0.29, 0.717) is 18.3 Å². The van der Waals surface area contributed by atoms with Crippen molar-refractivity contribution in [1.82, 2.24) is 35.8 Å². The van der Waals surface area contributed by atoms with E-state index >= 15 is 0 Å². The molecule has 0 saturated carbocycles. The molecule has 0 aliphatic carbocycles. The van der Waals surface area contributed by atoms with Crippen LogP contribution in [-0.2, 0) is 6.54 Å². The van der Waals surface area contributed by atoms with Gasteiger partial charge in [0.05, 0.1) is 18.4 Å². The van der Waals surface area contributed by atoms with Crippen molar-refractivity contribution in [2.45, 2.75) is 19.5 Å². The van der Waals surface area contributed by atoms with E-state index in [4.69, 9.17) is 0 Å². The largest absolute Gasteiger partial charge is 0.346 e. The van der Waals surface area contributed by atoms with Gasteiger partial charge in [-0.15, -0.1) is 5.10 Å². The Hall–Kier alpha value is -2.22. The van der Waals surface area contributed by atoms with Crippen LogP contribution in [0.5, 0.6) is 0 Å². The molecule has 8 heteroatoms. The molecule has 3 rings (SSSR count). The number of rotatable bonds is 4. The molecule has 2 aromatic heterocycles. The van der Waals surface area contributed by atoms with Crippen LogP contribution >= 0.6 is 0 Å². The minimum atomic E-state index is -0.223. The molecule has 1 saturated heterocycles. The van der Waals surface area contributed by atoms with Gasteiger partial charge in [0.2, 0.25) is 0 Å². The highest BCUT2D eigenvalue weighted by Crippen LogP contribution is 2.10. The number of aromatic amines is 1. The Morgan fingerprint density at radius 1 is 1.58 bits per heavy atom. The molecule has 0 atom stereocenters. The number of carbonyl (C=O) groups is 1. The van der Waals surface area contributed by atoms with Gasteiger partial charge in [0.25, 0.3) is 5.91 Å². The monoisotopic (exact) mass is 261 g/mol. The average molecular weight is 261 g/mol. The van der Waals surface area contributed by atoms with Crippen LogP contribution < -0.4 is 10.6 Å². The molecule has 100 valence electrons. The number of nitrogens with one attached hydrogen (secondary N) is 3. The fourth-order valence-electron chi connectivity index (χ4n) is 1.84. The molecule has 0 spiro atoms. The maximum atomic E-state index is 11.9. The molecule has 3 N–H and O–H groups in total. The first kappa shape index (κ1) is 11.8. The molecule has 3 heterocycles. The molecular formula is C11H15N7O. The van der Waals surface area contributed by atoms with Crippen molar-refractivity contribution < 1.29 is 4.79 Å². The first-order chi connectivity index (χ1) is 9.24. The van der Waals surface area contributed by atoms with Gasteiger partial charge in [-0.2, -0.15) is 5.10 Å². The van der Waals surface area contributed by atoms with Gasteiger partial charge >= 0.3 is 0 Å². The normalized spacial score (nSPS) is 15.2. The molecule has 1 aliphatic rings. The first-order valence-corrected chi connectivity index (χ1v) is 6.13. The van der Waals surface area contributed by atoms with E-state index in [0.717, 1.165) is 24.3 Å². The van der Waals surface area contributed by atoms with Gasteiger partial charge in [-0.1, -0.05) is 5.21 Å². The lowest BCUT2D eigenvalue weighted by Crippen LogP contribution is -2.43. The SMILES string of the molecule is Cc1[nH]ncc1CNC(=O)c1cn(C2CNC2)nn1. The fourth-order valence-corrected chi connectivity index (χ4v) is 1.84. The van der Waals surface area contributed by atoms with Gasteiger partial charge in [0, 0.05) is 30.9 Å². The molecule has 0 aromatic carbocycles. The minimum Gasteiger partial charge on any atom is -0.346 e. The summed E-state index contributed by atoms with van der Waals surface area (Å²) in [6.07, 6.45) is 3.38. The summed E-state index contributed by atoms with van der Waals surface area (Å²) in [7, 11) is 0. The number of carbonyl (C=O) groups excluding carboxylic acids is 1. The molecule has 0 unspecified atom stereocenters. The summed E-state index contributed by atoms with van der Waals surface area (Å²) in [6.45, 7) is 4.09. The zero-order valence-corrected chi connectivity index (χ0v) is 10.6. The fraction of sp³-hybridized carbons (Fsp3) is 0.455. The van der Waals surface area contributed by atoms with Crippen molar-refractivity contribution >= 4 is 5.91 Å². The van der Waals surface area contributed by atoms with Crippen LogP contribution in [0.1, 0.15) is 27.8 Å². The third-order valence-corrected chi connectivity index (χ3v) is 3.25. The van der Waals surface area contributed by atoms with Crippen LogP contribution in [0, 0.1) is 6.92 Å². The van der Waals surface area contributed by atoms with Crippen molar-refractivity contribution in [3.05, 3.63) is 29.3 Å². The maximum Gasteiger partial charge on any atom is 0.273 e. The van der Waals surface area contributed by atoms with Crippen LogP contribution in [0.2, 0.25) is 0 Å². The number of aromatic nitrogens is 5. The summed E-state index contributed by atoms with van der Waals surface area (Å²) in [6, 6.07) is 0.310. The molecule has 1 amide bonds. The summed E-state index contributed by atoms with van der Waals surface area (Å²) >= 11 is 0. The first-order valence-electron chi connectivity index (χ1n) is 6.13. The third kappa shape index (κ3) is 2.34. The summed E-state index contributed by atoms with van der Waals surface area (Å²) in [5.41, 5.74) is 2.25. The number of nitrogens with zero attached hydrogens (tertiary/aromatic N) is 4. The van der Waals surface area contributed by atoms with E-state index in [1.54, 1.807) is 17.1 Å². The van der Waals surface area contributed by atoms with Gasteiger partial charge in [-0.3, -0.25) is 9.89 Å². The standard InChI is InChI=1S/C11H15N7O/c1-7-8(3-14-15-7)2-13-11(19)10-6-18(17-16-10)9-4-12-5-9/h3,6,9,12H,2,4-5H2,1H3,(H,13,19)(H,14,15). The lowest BCUT2D eigenvalue weighted by Gasteiger charge is -2.26. The Balaban J connectivity index is 1.60. The van der Waals surface area contributed by atoms with E-state index in [-0.39, 0.29) is 5.91 Å². The molecule has 19 heavy (non-hydrogen) atoms. The number of amides is 1. The quantitative estimate of drug-likeness (QED) is 0.681. The Morgan fingerprint density at radius 2 is 2.42 bits per heavy atom. The van der Waals surface area contributed by atoms with Crippen LogP contribution in [-0.4, -0.2) is 44.2 Å². The second kappa shape index (κ2) is 4.81. The summed E-state index contributed by atoms with van der Waals surface area (Å²) < 4.78 is 1.73. The van der Waals surface area contributed by atoms with E-state index in [1.165, 1.54) is 0 Å². The van der Waals surface area contributed by atoms with Crippen molar-refractivity contribution in [3.8, 4) is 0 Å². The highest BCUT2D eigenvalue weighted by molar-refractivity contribution is 5.91. The molecule has 2 aromatic rings. The van der Waals surface area contributed by atoms with Gasteiger partial charge < -0.3 is 10.6 Å². The van der Waals surface area contributed by atoms with Crippen molar-refractivity contribution in [3.63, 3.8) is 0 Å². The predicted molar refractivity (Wildman–Crippen MR) is 66.4 cm³/mol. The van der Waals surface area contributed by atoms with Gasteiger partial charge in [0.15, 0.2) is 5.69 Å². The second-order valence-electron chi connectivity index (χ2n) is 4.60. The van der Waals surface area contributed by atoms with Crippen LogP contribution in [0.3, 0.4) is 0 Å². The van der Waals surface area contributed by atoms with E-state index < -0.39 is 0 Å². The van der Waals surface area contributed by atoms with Crippen molar-refractivity contribution in [2.24, 2.45) is 0 Å². The van der Waals surface area contributed by atoms with Gasteiger partial charge in [-0.25, -0.2) is 4.68 Å². The van der Waals surface area contributed by atoms with Crippen LogP contribution in [0.25, 0.3) is 0 Å². The molecule has 1 aliphatic heterocycles. The van der Waals surface area contributed by atoms with E-state index in [2.05, 4.69) is 31.1 Å². The van der Waals surface area contributed by atoms with Crippen molar-refractivity contribution in [1.29, 1.82) is 0 Å².